The van der Waals surface area contributed by atoms with Crippen LogP contribution in [0.5, 0.6) is 0 Å². The lowest BCUT2D eigenvalue weighted by atomic mass is 10.5. The fraction of sp³-hybridized carbons (Fsp3) is 0.600. The molecule has 108 valence electrons. The van der Waals surface area contributed by atoms with E-state index in [0.29, 0.717) is 11.3 Å². The van der Waals surface area contributed by atoms with Gasteiger partial charge in [0.05, 0.1) is 8.07 Å². The smallest absolute Gasteiger partial charge is 0.121 e. The maximum absolute atomic E-state index is 9.06. The largest absolute Gasteiger partial charge is 0.396 e. The second-order valence-corrected chi connectivity index (χ2v) is 18.9. The van der Waals surface area contributed by atoms with Gasteiger partial charge < -0.3 is 5.11 Å². The zero-order chi connectivity index (χ0) is 15.2. The summed E-state index contributed by atoms with van der Waals surface area (Å²) in [4.78, 5) is 0. The van der Waals surface area contributed by atoms with Crippen LogP contribution >= 0.6 is 0 Å². The van der Waals surface area contributed by atoms with Crippen molar-refractivity contribution in [1.29, 1.82) is 0 Å². The Morgan fingerprint density at radius 1 is 1.11 bits per heavy atom. The Hall–Kier alpha value is -0.169. The molecule has 0 aliphatic carbocycles. The maximum atomic E-state index is 9.06. The van der Waals surface area contributed by atoms with Gasteiger partial charge in [-0.05, 0) is 11.1 Å². The summed E-state index contributed by atoms with van der Waals surface area (Å²) in [6, 6.07) is 1.20. The Morgan fingerprint density at radius 3 is 1.95 bits per heavy atom. The second kappa shape index (κ2) is 7.57. The average Bonchev–Trinajstić information content (AvgIpc) is 2.38. The Morgan fingerprint density at radius 2 is 1.58 bits per heavy atom. The lowest BCUT2D eigenvalue weighted by Gasteiger charge is -2.41. The van der Waals surface area contributed by atoms with E-state index in [9.17, 15) is 0 Å². The summed E-state index contributed by atoms with van der Waals surface area (Å²) in [6.07, 6.45) is 0.945. The minimum absolute atomic E-state index is 0.320. The Balaban J connectivity index is 4.81. The molecule has 1 N–H and O–H groups in total. The van der Waals surface area contributed by atoms with Crippen molar-refractivity contribution >= 4 is 25.7 Å². The number of hydrogen-bond acceptors (Lipinski definition) is 1. The summed E-state index contributed by atoms with van der Waals surface area (Å²) in [5.41, 5.74) is 7.47. The van der Waals surface area contributed by atoms with Crippen LogP contribution in [0, 0.1) is 0 Å². The second-order valence-electron chi connectivity index (χ2n) is 6.41. The van der Waals surface area contributed by atoms with Gasteiger partial charge >= 0.3 is 0 Å². The fourth-order valence-electron chi connectivity index (χ4n) is 1.91. The highest BCUT2D eigenvalue weighted by atomic mass is 28.4. The quantitative estimate of drug-likeness (QED) is 0.602. The van der Waals surface area contributed by atoms with Crippen LogP contribution in [0.4, 0.5) is 0 Å². The SMILES string of the molecule is C=C[Si](C=C)(C=C)C[Si]C(C)(C)[Si](C)(C)CCCO. The van der Waals surface area contributed by atoms with E-state index in [-0.39, 0.29) is 0 Å². The molecule has 2 radical (unpaired) electrons. The molecule has 0 fully saturated rings. The normalized spacial score (nSPS) is 13.1. The van der Waals surface area contributed by atoms with Crippen molar-refractivity contribution in [3.8, 4) is 0 Å². The van der Waals surface area contributed by atoms with Crippen LogP contribution in [0.25, 0.3) is 0 Å². The molecular formula is C15H30OSi3. The molecule has 0 saturated carbocycles. The summed E-state index contributed by atoms with van der Waals surface area (Å²) in [5, 5.41) is 9.06. The lowest BCUT2D eigenvalue weighted by molar-refractivity contribution is 0.294. The zero-order valence-electron chi connectivity index (χ0n) is 13.1. The van der Waals surface area contributed by atoms with Crippen LogP contribution in [-0.4, -0.2) is 37.4 Å². The van der Waals surface area contributed by atoms with Gasteiger partial charge in [-0.15, -0.1) is 19.7 Å². The molecule has 0 aliphatic rings. The van der Waals surface area contributed by atoms with Crippen LogP contribution in [0.1, 0.15) is 20.3 Å². The molecule has 1 nitrogen and oxygen atoms in total. The molecule has 0 aliphatic heterocycles. The molecule has 0 aromatic rings. The predicted octanol–water partition coefficient (Wildman–Crippen LogP) is 4.10. The van der Waals surface area contributed by atoms with E-state index in [2.05, 4.69) is 63.8 Å². The van der Waals surface area contributed by atoms with E-state index in [1.54, 1.807) is 0 Å². The Bertz CT molecular complexity index is 300. The van der Waals surface area contributed by atoms with Crippen molar-refractivity contribution in [2.24, 2.45) is 0 Å². The fourth-order valence-corrected chi connectivity index (χ4v) is 11.9. The number of aliphatic hydroxyl groups excluding tert-OH is 1. The number of rotatable bonds is 10. The van der Waals surface area contributed by atoms with Crippen molar-refractivity contribution in [1.82, 2.24) is 0 Å². The lowest BCUT2D eigenvalue weighted by Crippen LogP contribution is -2.45. The highest BCUT2D eigenvalue weighted by Gasteiger charge is 2.39. The van der Waals surface area contributed by atoms with Crippen LogP contribution in [0.2, 0.25) is 29.5 Å². The van der Waals surface area contributed by atoms with Gasteiger partial charge in [0.1, 0.15) is 8.07 Å². The van der Waals surface area contributed by atoms with Crippen LogP contribution in [-0.2, 0) is 0 Å². The molecule has 0 aromatic heterocycles. The van der Waals surface area contributed by atoms with Gasteiger partial charge in [-0.1, -0.05) is 55.8 Å². The van der Waals surface area contributed by atoms with E-state index in [1.165, 1.54) is 11.7 Å². The van der Waals surface area contributed by atoms with Gasteiger partial charge in [-0.2, -0.15) is 0 Å². The summed E-state index contributed by atoms with van der Waals surface area (Å²) < 4.78 is 0.398. The summed E-state index contributed by atoms with van der Waals surface area (Å²) in [5.74, 6) is 0. The molecule has 0 spiro atoms. The molecule has 19 heavy (non-hydrogen) atoms. The number of hydrogen-bond donors (Lipinski definition) is 1. The van der Waals surface area contributed by atoms with Gasteiger partial charge in [0, 0.05) is 16.1 Å². The molecular weight excluding hydrogens is 280 g/mol. The molecule has 4 heteroatoms. The zero-order valence-corrected chi connectivity index (χ0v) is 16.1. The van der Waals surface area contributed by atoms with Gasteiger partial charge in [0.15, 0.2) is 0 Å². The minimum Gasteiger partial charge on any atom is -0.396 e. The average molecular weight is 311 g/mol. The van der Waals surface area contributed by atoms with Crippen LogP contribution in [0.15, 0.2) is 36.8 Å². The number of aliphatic hydroxyl groups is 1. The van der Waals surface area contributed by atoms with Crippen LogP contribution in [0.3, 0.4) is 0 Å². The molecule has 0 saturated heterocycles. The van der Waals surface area contributed by atoms with Gasteiger partial charge in [-0.3, -0.25) is 0 Å². The first-order valence-electron chi connectivity index (χ1n) is 6.97. The van der Waals surface area contributed by atoms with Crippen molar-refractivity contribution < 1.29 is 5.11 Å². The molecule has 0 unspecified atom stereocenters. The summed E-state index contributed by atoms with van der Waals surface area (Å²) in [7, 11) is -2.06. The maximum Gasteiger partial charge on any atom is 0.121 e. The molecule has 0 amide bonds. The molecule has 0 aromatic carbocycles. The first kappa shape index (κ1) is 18.8. The molecule has 0 atom stereocenters. The third-order valence-corrected chi connectivity index (χ3v) is 18.5. The van der Waals surface area contributed by atoms with Gasteiger partial charge in [-0.25, -0.2) is 0 Å². The molecule has 0 bridgehead atoms. The highest BCUT2D eigenvalue weighted by molar-refractivity contribution is 7.00. The Kier molecular flexibility index (Phi) is 7.50. The van der Waals surface area contributed by atoms with Crippen molar-refractivity contribution in [2.75, 3.05) is 6.61 Å². The first-order chi connectivity index (χ1) is 8.70. The summed E-state index contributed by atoms with van der Waals surface area (Å²) >= 11 is 0. The topological polar surface area (TPSA) is 20.2 Å². The van der Waals surface area contributed by atoms with E-state index >= 15 is 0 Å². The van der Waals surface area contributed by atoms with E-state index in [0.717, 1.165) is 15.9 Å². The standard InChI is InChI=1S/C15H30OSi3/c1-8-19(9-2,10-3)14-17-15(4,5)18(6,7)13-11-12-16/h8-10,16H,1-3,11-14H2,4-7H3. The molecule has 0 rings (SSSR count). The predicted molar refractivity (Wildman–Crippen MR) is 94.9 cm³/mol. The van der Waals surface area contributed by atoms with Gasteiger partial charge in [0.2, 0.25) is 0 Å². The van der Waals surface area contributed by atoms with E-state index in [1.807, 2.05) is 0 Å². The van der Waals surface area contributed by atoms with Crippen molar-refractivity contribution in [2.45, 2.75) is 49.7 Å². The van der Waals surface area contributed by atoms with Crippen LogP contribution < -0.4 is 0 Å². The van der Waals surface area contributed by atoms with Crippen molar-refractivity contribution in [3.63, 3.8) is 0 Å². The first-order valence-corrected chi connectivity index (χ1v) is 13.8. The Labute approximate surface area is 124 Å². The van der Waals surface area contributed by atoms with E-state index < -0.39 is 16.1 Å². The monoisotopic (exact) mass is 310 g/mol. The molecule has 0 heterocycles. The van der Waals surface area contributed by atoms with Gasteiger partial charge in [0.25, 0.3) is 0 Å². The highest BCUT2D eigenvalue weighted by Crippen LogP contribution is 2.40. The third kappa shape index (κ3) is 5.02. The third-order valence-electron chi connectivity index (χ3n) is 4.63. The van der Waals surface area contributed by atoms with E-state index in [4.69, 9.17) is 5.11 Å². The van der Waals surface area contributed by atoms with Crippen molar-refractivity contribution in [3.05, 3.63) is 36.8 Å². The minimum atomic E-state index is -1.66. The summed E-state index contributed by atoms with van der Waals surface area (Å²) in [6.45, 7) is 22.0.